The van der Waals surface area contributed by atoms with E-state index in [1.165, 1.54) is 6.39 Å². The molecule has 0 spiro atoms. The predicted octanol–water partition coefficient (Wildman–Crippen LogP) is 3.95. The molecule has 26 heavy (non-hydrogen) atoms. The Labute approximate surface area is 149 Å². The Hall–Kier alpha value is -3.74. The Balaban J connectivity index is 1.63. The van der Waals surface area contributed by atoms with Gasteiger partial charge in [-0.05, 0) is 30.3 Å². The average molecular weight is 345 g/mol. The van der Waals surface area contributed by atoms with Gasteiger partial charge in [0.15, 0.2) is 12.2 Å². The van der Waals surface area contributed by atoms with Gasteiger partial charge in [0.25, 0.3) is 0 Å². The number of hydrogen-bond donors (Lipinski definition) is 1. The molecule has 7 heteroatoms. The summed E-state index contributed by atoms with van der Waals surface area (Å²) in [5.74, 6) is 1.69. The van der Waals surface area contributed by atoms with Crippen molar-refractivity contribution in [1.82, 2.24) is 19.9 Å². The summed E-state index contributed by atoms with van der Waals surface area (Å²) in [5, 5.41) is 3.21. The van der Waals surface area contributed by atoms with Gasteiger partial charge < -0.3 is 14.5 Å². The van der Waals surface area contributed by atoms with Crippen LogP contribution in [-0.2, 0) is 0 Å². The van der Waals surface area contributed by atoms with E-state index in [-0.39, 0.29) is 0 Å². The molecule has 0 aliphatic heterocycles. The first-order valence-corrected chi connectivity index (χ1v) is 7.92. The molecule has 4 aromatic rings. The molecule has 0 saturated heterocycles. The lowest BCUT2D eigenvalue weighted by Crippen LogP contribution is -1.99. The van der Waals surface area contributed by atoms with Gasteiger partial charge in [0.05, 0.1) is 24.6 Å². The molecule has 0 atom stereocenters. The zero-order chi connectivity index (χ0) is 17.8. The van der Waals surface area contributed by atoms with Crippen LogP contribution in [0.1, 0.15) is 0 Å². The number of nitrogens with one attached hydrogen (secondary N) is 1. The Kier molecular flexibility index (Phi) is 4.26. The van der Waals surface area contributed by atoms with E-state index >= 15 is 0 Å². The van der Waals surface area contributed by atoms with Crippen LogP contribution in [0.3, 0.4) is 0 Å². The Morgan fingerprint density at radius 1 is 1.04 bits per heavy atom. The highest BCUT2D eigenvalue weighted by molar-refractivity contribution is 5.68. The number of pyridine rings is 1. The molecule has 0 saturated carbocycles. The molecule has 3 aromatic heterocycles. The molecule has 4 rings (SSSR count). The van der Waals surface area contributed by atoms with Crippen LogP contribution in [0.15, 0.2) is 71.9 Å². The maximum atomic E-state index is 5.34. The summed E-state index contributed by atoms with van der Waals surface area (Å²) in [6.45, 7) is 0. The van der Waals surface area contributed by atoms with Crippen LogP contribution >= 0.6 is 0 Å². The second-order valence-electron chi connectivity index (χ2n) is 5.40. The molecule has 0 aliphatic carbocycles. The van der Waals surface area contributed by atoms with Crippen molar-refractivity contribution in [2.45, 2.75) is 0 Å². The second-order valence-corrected chi connectivity index (χ2v) is 5.40. The molecular formula is C19H15N5O2. The minimum absolute atomic E-state index is 0.475. The number of oxazole rings is 1. The van der Waals surface area contributed by atoms with Gasteiger partial charge in [-0.15, -0.1) is 0 Å². The third-order valence-electron chi connectivity index (χ3n) is 3.73. The molecule has 1 N–H and O–H groups in total. The van der Waals surface area contributed by atoms with Crippen LogP contribution in [-0.4, -0.2) is 27.0 Å². The quantitative estimate of drug-likeness (QED) is 0.586. The van der Waals surface area contributed by atoms with Gasteiger partial charge >= 0.3 is 0 Å². The van der Waals surface area contributed by atoms with E-state index in [2.05, 4.69) is 25.3 Å². The van der Waals surface area contributed by atoms with Crippen LogP contribution in [0.25, 0.3) is 22.6 Å². The number of ether oxygens (including phenoxy) is 1. The molecule has 0 unspecified atom stereocenters. The highest BCUT2D eigenvalue weighted by atomic mass is 16.5. The standard InChI is InChI=1S/C19H15N5O2/c1-25-18-15(6-3-8-21-18)16-7-9-22-19(24-16)23-14-5-2-4-13(10-14)17-11-20-12-26-17/h2-12H,1H3,(H,22,23,24). The molecule has 0 radical (unpaired) electrons. The van der Waals surface area contributed by atoms with Gasteiger partial charge in [0, 0.05) is 23.6 Å². The molecule has 128 valence electrons. The first kappa shape index (κ1) is 15.8. The number of hydrogen-bond acceptors (Lipinski definition) is 7. The van der Waals surface area contributed by atoms with Gasteiger partial charge in [-0.1, -0.05) is 12.1 Å². The van der Waals surface area contributed by atoms with Crippen molar-refractivity contribution in [1.29, 1.82) is 0 Å². The van der Waals surface area contributed by atoms with E-state index in [4.69, 9.17) is 9.15 Å². The zero-order valence-corrected chi connectivity index (χ0v) is 14.0. The van der Waals surface area contributed by atoms with Crippen molar-refractivity contribution in [3.05, 3.63) is 67.4 Å². The molecule has 0 amide bonds. The highest BCUT2D eigenvalue weighted by Gasteiger charge is 2.09. The van der Waals surface area contributed by atoms with Crippen LogP contribution in [0, 0.1) is 0 Å². The monoisotopic (exact) mass is 345 g/mol. The van der Waals surface area contributed by atoms with Crippen molar-refractivity contribution < 1.29 is 9.15 Å². The van der Waals surface area contributed by atoms with Crippen LogP contribution in [0.5, 0.6) is 5.88 Å². The lowest BCUT2D eigenvalue weighted by atomic mass is 10.1. The van der Waals surface area contributed by atoms with Crippen molar-refractivity contribution in [3.63, 3.8) is 0 Å². The average Bonchev–Trinajstić information content (AvgIpc) is 3.23. The third kappa shape index (κ3) is 3.23. The van der Waals surface area contributed by atoms with E-state index < -0.39 is 0 Å². The lowest BCUT2D eigenvalue weighted by Gasteiger charge is -2.09. The Morgan fingerprint density at radius 2 is 2.00 bits per heavy atom. The molecule has 7 nitrogen and oxygen atoms in total. The SMILES string of the molecule is COc1ncccc1-c1ccnc(Nc2cccc(-c3cnco3)c2)n1. The van der Waals surface area contributed by atoms with Crippen molar-refractivity contribution in [3.8, 4) is 28.5 Å². The van der Waals surface area contributed by atoms with E-state index in [1.54, 1.807) is 25.7 Å². The van der Waals surface area contributed by atoms with Crippen molar-refractivity contribution >= 4 is 11.6 Å². The Morgan fingerprint density at radius 3 is 2.85 bits per heavy atom. The fourth-order valence-corrected chi connectivity index (χ4v) is 2.56. The zero-order valence-electron chi connectivity index (χ0n) is 14.0. The summed E-state index contributed by atoms with van der Waals surface area (Å²) in [6, 6.07) is 13.3. The van der Waals surface area contributed by atoms with E-state index in [0.29, 0.717) is 17.6 Å². The molecule has 1 aromatic carbocycles. The van der Waals surface area contributed by atoms with Gasteiger partial charge in [-0.3, -0.25) is 0 Å². The topological polar surface area (TPSA) is 86.0 Å². The Bertz CT molecular complexity index is 1020. The van der Waals surface area contributed by atoms with Crippen LogP contribution in [0.2, 0.25) is 0 Å². The van der Waals surface area contributed by atoms with E-state index in [0.717, 1.165) is 22.5 Å². The second kappa shape index (κ2) is 7.02. The maximum absolute atomic E-state index is 5.34. The summed E-state index contributed by atoms with van der Waals surface area (Å²) in [5.41, 5.74) is 3.28. The molecule has 0 aliphatic rings. The fourth-order valence-electron chi connectivity index (χ4n) is 2.56. The van der Waals surface area contributed by atoms with Crippen molar-refractivity contribution in [2.75, 3.05) is 12.4 Å². The largest absolute Gasteiger partial charge is 0.481 e. The van der Waals surface area contributed by atoms with Gasteiger partial charge in [0.2, 0.25) is 11.8 Å². The number of rotatable bonds is 5. The maximum Gasteiger partial charge on any atom is 0.227 e. The van der Waals surface area contributed by atoms with E-state index in [1.807, 2.05) is 42.5 Å². The van der Waals surface area contributed by atoms with E-state index in [9.17, 15) is 0 Å². The van der Waals surface area contributed by atoms with Gasteiger partial charge in [-0.2, -0.15) is 0 Å². The third-order valence-corrected chi connectivity index (χ3v) is 3.73. The van der Waals surface area contributed by atoms with Gasteiger partial charge in [0.1, 0.15) is 0 Å². The fraction of sp³-hybridized carbons (Fsp3) is 0.0526. The highest BCUT2D eigenvalue weighted by Crippen LogP contribution is 2.27. The minimum atomic E-state index is 0.475. The predicted molar refractivity (Wildman–Crippen MR) is 97.0 cm³/mol. The molecular weight excluding hydrogens is 330 g/mol. The first-order chi connectivity index (χ1) is 12.8. The minimum Gasteiger partial charge on any atom is -0.481 e. The summed E-state index contributed by atoms with van der Waals surface area (Å²) in [6.07, 6.45) is 6.45. The number of nitrogens with zero attached hydrogens (tertiary/aromatic N) is 4. The first-order valence-electron chi connectivity index (χ1n) is 7.92. The molecule has 3 heterocycles. The van der Waals surface area contributed by atoms with Crippen LogP contribution in [0.4, 0.5) is 11.6 Å². The number of anilines is 2. The number of benzene rings is 1. The molecule has 0 fully saturated rings. The van der Waals surface area contributed by atoms with Gasteiger partial charge in [-0.25, -0.2) is 19.9 Å². The van der Waals surface area contributed by atoms with Crippen LogP contribution < -0.4 is 10.1 Å². The lowest BCUT2D eigenvalue weighted by molar-refractivity contribution is 0.399. The normalized spacial score (nSPS) is 10.5. The summed E-state index contributed by atoms with van der Waals surface area (Å²) < 4.78 is 10.6. The summed E-state index contributed by atoms with van der Waals surface area (Å²) >= 11 is 0. The smallest absolute Gasteiger partial charge is 0.227 e. The van der Waals surface area contributed by atoms with Crippen molar-refractivity contribution in [2.24, 2.45) is 0 Å². The summed E-state index contributed by atoms with van der Waals surface area (Å²) in [7, 11) is 1.58. The number of methoxy groups -OCH3 is 1. The summed E-state index contributed by atoms with van der Waals surface area (Å²) in [4.78, 5) is 17.0. The number of aromatic nitrogens is 4. The molecule has 0 bridgehead atoms.